The van der Waals surface area contributed by atoms with E-state index in [1.807, 2.05) is 35.1 Å². The molecule has 0 saturated carbocycles. The minimum atomic E-state index is -0.0658. The molecule has 0 radical (unpaired) electrons. The Morgan fingerprint density at radius 1 is 0.414 bits per heavy atom. The Morgan fingerprint density at radius 2 is 0.810 bits per heavy atom. The number of fused-ring (bicyclic) bond motifs is 8. The van der Waals surface area contributed by atoms with Gasteiger partial charge in [0.2, 0.25) is 0 Å². The zero-order valence-corrected chi connectivity index (χ0v) is 33.5. The van der Waals surface area contributed by atoms with Crippen molar-refractivity contribution in [3.8, 4) is 11.4 Å². The van der Waals surface area contributed by atoms with Crippen LogP contribution in [-0.2, 0) is 0 Å². The van der Waals surface area contributed by atoms with Crippen LogP contribution in [0.4, 0.5) is 32.8 Å². The van der Waals surface area contributed by atoms with E-state index in [1.165, 1.54) is 74.5 Å². The topological polar surface area (TPSA) is 38.7 Å². The lowest BCUT2D eigenvalue weighted by molar-refractivity contribution is 1.25. The van der Waals surface area contributed by atoms with Crippen molar-refractivity contribution < 1.29 is 0 Å². The Balaban J connectivity index is 0.913. The minimum Gasteiger partial charge on any atom is -0.385 e. The molecule has 12 rings (SSSR count). The Bertz CT molecular complexity index is 2990. The average Bonchev–Trinajstić information content (AvgIpc) is 4.01. The molecule has 0 atom stereocenters. The van der Waals surface area contributed by atoms with Gasteiger partial charge in [-0.2, -0.15) is 0 Å². The molecular formula is C48H34B2N6S2. The first-order chi connectivity index (χ1) is 28.6. The van der Waals surface area contributed by atoms with Crippen molar-refractivity contribution in [1.29, 1.82) is 0 Å². The molecule has 10 heteroatoms. The number of benzene rings is 6. The molecule has 2 aliphatic rings. The first kappa shape index (κ1) is 33.5. The predicted octanol–water partition coefficient (Wildman–Crippen LogP) is 10.8. The number of thiophene rings is 2. The first-order valence-corrected chi connectivity index (χ1v) is 21.2. The molecule has 0 bridgehead atoms. The fourth-order valence-electron chi connectivity index (χ4n) is 9.30. The summed E-state index contributed by atoms with van der Waals surface area (Å²) in [4.78, 5) is 20.0. The molecule has 274 valence electrons. The SMILES string of the molecule is CN1B(c2ccc(-c3ccc(B4N(C)c5sc6ccccc6c5N4c4cccc5ccccc45)cn3)nc2)N(c2cccc3ccccc23)c2c1sc1ccccc21. The van der Waals surface area contributed by atoms with Gasteiger partial charge in [0.25, 0.3) is 0 Å². The maximum atomic E-state index is 5.09. The van der Waals surface area contributed by atoms with Crippen LogP contribution >= 0.6 is 22.7 Å². The van der Waals surface area contributed by atoms with Crippen molar-refractivity contribution in [3.63, 3.8) is 0 Å². The van der Waals surface area contributed by atoms with E-state index in [2.05, 4.69) is 191 Å². The third-order valence-electron chi connectivity index (χ3n) is 11.9. The lowest BCUT2D eigenvalue weighted by Crippen LogP contribution is -2.53. The van der Waals surface area contributed by atoms with E-state index >= 15 is 0 Å². The molecule has 0 aliphatic carbocycles. The molecular weight excluding hydrogens is 746 g/mol. The lowest BCUT2D eigenvalue weighted by atomic mass is 9.65. The van der Waals surface area contributed by atoms with Crippen molar-refractivity contribution in [3.05, 3.63) is 170 Å². The van der Waals surface area contributed by atoms with Crippen LogP contribution in [0.5, 0.6) is 0 Å². The zero-order valence-electron chi connectivity index (χ0n) is 31.8. The maximum Gasteiger partial charge on any atom is 0.418 e. The largest absolute Gasteiger partial charge is 0.418 e. The summed E-state index contributed by atoms with van der Waals surface area (Å²) in [5, 5.41) is 9.99. The van der Waals surface area contributed by atoms with Crippen LogP contribution in [0.15, 0.2) is 170 Å². The van der Waals surface area contributed by atoms with Gasteiger partial charge in [0, 0.05) is 54.7 Å². The van der Waals surface area contributed by atoms with Crippen LogP contribution in [0.3, 0.4) is 0 Å². The second-order valence-corrected chi connectivity index (χ2v) is 17.2. The van der Waals surface area contributed by atoms with Gasteiger partial charge in [-0.1, -0.05) is 121 Å². The highest BCUT2D eigenvalue weighted by molar-refractivity contribution is 7.25. The van der Waals surface area contributed by atoms with E-state index < -0.39 is 0 Å². The molecule has 0 saturated heterocycles. The third-order valence-corrected chi connectivity index (χ3v) is 14.4. The summed E-state index contributed by atoms with van der Waals surface area (Å²) in [6, 6.07) is 56.8. The van der Waals surface area contributed by atoms with Crippen molar-refractivity contribution in [2.24, 2.45) is 0 Å². The van der Waals surface area contributed by atoms with Gasteiger partial charge >= 0.3 is 14.0 Å². The van der Waals surface area contributed by atoms with Gasteiger partial charge in [0.05, 0.1) is 22.8 Å². The van der Waals surface area contributed by atoms with Gasteiger partial charge in [-0.25, -0.2) is 0 Å². The molecule has 0 fully saturated rings. The van der Waals surface area contributed by atoms with Crippen LogP contribution < -0.4 is 30.2 Å². The standard InChI is InChI=1S/C48H34B2N6S2/c1-53-47-45(37-19-7-9-23-43(37)57-47)55(41-21-11-15-31-13-3-5-17-35(31)41)49(53)33-25-27-39(51-29-33)40-28-26-34(30-52-40)50-54(2)48-46(38-20-8-10-24-44(38)58-48)56(50)42-22-12-16-32-14-4-6-18-36(32)42/h3-30H,1-2H3. The normalized spacial score (nSPS) is 13.8. The summed E-state index contributed by atoms with van der Waals surface area (Å²) >= 11 is 3.70. The summed E-state index contributed by atoms with van der Waals surface area (Å²) in [7, 11) is 4.42. The van der Waals surface area contributed by atoms with E-state index in [4.69, 9.17) is 9.97 Å². The quantitative estimate of drug-likeness (QED) is 0.162. The molecule has 10 aromatic rings. The van der Waals surface area contributed by atoms with Crippen molar-refractivity contribution in [1.82, 2.24) is 9.97 Å². The summed E-state index contributed by atoms with van der Waals surface area (Å²) in [6.45, 7) is -0.132. The Morgan fingerprint density at radius 3 is 1.24 bits per heavy atom. The second-order valence-electron chi connectivity index (χ2n) is 15.2. The van der Waals surface area contributed by atoms with Gasteiger partial charge < -0.3 is 19.2 Å². The number of rotatable bonds is 5. The highest BCUT2D eigenvalue weighted by Crippen LogP contribution is 2.54. The number of pyridine rings is 2. The molecule has 6 heterocycles. The first-order valence-electron chi connectivity index (χ1n) is 19.6. The highest BCUT2D eigenvalue weighted by atomic mass is 32.1. The van der Waals surface area contributed by atoms with E-state index in [1.54, 1.807) is 0 Å². The number of nitrogens with zero attached hydrogens (tertiary/aromatic N) is 6. The molecule has 6 aromatic carbocycles. The minimum absolute atomic E-state index is 0.0658. The van der Waals surface area contributed by atoms with Gasteiger partial charge in [0.1, 0.15) is 10.0 Å². The van der Waals surface area contributed by atoms with Crippen LogP contribution in [0.25, 0.3) is 53.1 Å². The number of aromatic nitrogens is 2. The summed E-state index contributed by atoms with van der Waals surface area (Å²) in [5.74, 6) is 0. The molecule has 58 heavy (non-hydrogen) atoms. The predicted molar refractivity (Wildman–Crippen MR) is 251 cm³/mol. The fourth-order valence-corrected chi connectivity index (χ4v) is 11.7. The average molecular weight is 781 g/mol. The van der Waals surface area contributed by atoms with Gasteiger partial charge in [-0.15, -0.1) is 22.7 Å². The number of hydrogen-bond acceptors (Lipinski definition) is 8. The molecule has 0 N–H and O–H groups in total. The number of anilines is 6. The van der Waals surface area contributed by atoms with Crippen molar-refractivity contribution in [2.75, 3.05) is 33.3 Å². The van der Waals surface area contributed by atoms with Crippen LogP contribution in [0.1, 0.15) is 0 Å². The second kappa shape index (κ2) is 13.0. The van der Waals surface area contributed by atoms with Crippen LogP contribution in [0.2, 0.25) is 0 Å². The summed E-state index contributed by atoms with van der Waals surface area (Å²) < 4.78 is 2.58. The third kappa shape index (κ3) is 4.92. The van der Waals surface area contributed by atoms with Gasteiger partial charge in [0.15, 0.2) is 0 Å². The van der Waals surface area contributed by atoms with E-state index in [9.17, 15) is 0 Å². The zero-order chi connectivity index (χ0) is 38.5. The van der Waals surface area contributed by atoms with Crippen LogP contribution in [-0.4, -0.2) is 38.0 Å². The number of hydrogen-bond donors (Lipinski definition) is 0. The molecule has 0 amide bonds. The van der Waals surface area contributed by atoms with E-state index in [0.717, 1.165) is 22.3 Å². The van der Waals surface area contributed by atoms with Crippen LogP contribution in [0, 0.1) is 0 Å². The molecule has 0 unspecified atom stereocenters. The maximum absolute atomic E-state index is 5.09. The van der Waals surface area contributed by atoms with Gasteiger partial charge in [-0.05, 0) is 72.2 Å². The fraction of sp³-hybridized carbons (Fsp3) is 0.0417. The summed E-state index contributed by atoms with van der Waals surface area (Å²) in [6.07, 6.45) is 4.08. The molecule has 2 aliphatic heterocycles. The lowest BCUT2D eigenvalue weighted by Gasteiger charge is -2.29. The monoisotopic (exact) mass is 780 g/mol. The van der Waals surface area contributed by atoms with Gasteiger partial charge in [-0.3, -0.25) is 9.97 Å². The van der Waals surface area contributed by atoms with Crippen molar-refractivity contribution in [2.45, 2.75) is 0 Å². The highest BCUT2D eigenvalue weighted by Gasteiger charge is 2.45. The molecule has 6 nitrogen and oxygen atoms in total. The van der Waals surface area contributed by atoms with Crippen molar-refractivity contribution >= 4 is 122 Å². The molecule has 0 spiro atoms. The smallest absolute Gasteiger partial charge is 0.385 e. The van der Waals surface area contributed by atoms with E-state index in [-0.39, 0.29) is 14.0 Å². The summed E-state index contributed by atoms with van der Waals surface area (Å²) in [5.41, 5.74) is 8.84. The molecule has 4 aromatic heterocycles. The Kier molecular flexibility index (Phi) is 7.49. The van der Waals surface area contributed by atoms with E-state index in [0.29, 0.717) is 0 Å². The Hall–Kier alpha value is -6.61. The Labute approximate surface area is 345 Å².